The molecule has 0 rings (SSSR count). The van der Waals surface area contributed by atoms with E-state index >= 15 is 0 Å². The average Bonchev–Trinajstić information content (AvgIpc) is 2.00. The number of alkyl halides is 3. The van der Waals surface area contributed by atoms with E-state index in [9.17, 15) is 13.2 Å². The fourth-order valence-corrected chi connectivity index (χ4v) is 1.25. The Morgan fingerprint density at radius 1 is 1.07 bits per heavy atom. The summed E-state index contributed by atoms with van der Waals surface area (Å²) in [5.41, 5.74) is 5.72. The number of rotatable bonds is 4. The Morgan fingerprint density at radius 2 is 1.50 bits per heavy atom. The zero-order chi connectivity index (χ0) is 11.5. The van der Waals surface area contributed by atoms with E-state index in [4.69, 9.17) is 5.73 Å². The first-order valence-electron chi connectivity index (χ1n) is 4.98. The summed E-state index contributed by atoms with van der Waals surface area (Å²) in [4.78, 5) is 0. The highest BCUT2D eigenvalue weighted by molar-refractivity contribution is 4.76. The molecule has 0 amide bonds. The lowest BCUT2D eigenvalue weighted by atomic mass is 9.86. The molecule has 1 nitrogen and oxygen atoms in total. The monoisotopic (exact) mass is 211 g/mol. The van der Waals surface area contributed by atoms with Crippen molar-refractivity contribution < 1.29 is 13.2 Å². The maximum atomic E-state index is 12.2. The molecule has 3 atom stereocenters. The van der Waals surface area contributed by atoms with Crippen LogP contribution in [0.3, 0.4) is 0 Å². The summed E-state index contributed by atoms with van der Waals surface area (Å²) < 4.78 is 36.7. The Labute approximate surface area is 83.9 Å². The number of hydrogen-bond donors (Lipinski definition) is 1. The van der Waals surface area contributed by atoms with Crippen molar-refractivity contribution in [2.24, 2.45) is 23.5 Å². The van der Waals surface area contributed by atoms with Gasteiger partial charge in [0.2, 0.25) is 0 Å². The van der Waals surface area contributed by atoms with E-state index in [1.165, 1.54) is 6.92 Å². The molecule has 0 aliphatic carbocycles. The quantitative estimate of drug-likeness (QED) is 0.759. The molecule has 2 N–H and O–H groups in total. The Hall–Kier alpha value is -0.250. The van der Waals surface area contributed by atoms with E-state index in [1.807, 2.05) is 20.8 Å². The van der Waals surface area contributed by atoms with Gasteiger partial charge in [0.1, 0.15) is 0 Å². The van der Waals surface area contributed by atoms with Gasteiger partial charge in [-0.1, -0.05) is 27.7 Å². The van der Waals surface area contributed by atoms with Crippen LogP contribution in [-0.4, -0.2) is 12.2 Å². The summed E-state index contributed by atoms with van der Waals surface area (Å²) in [5, 5.41) is 0. The Bertz CT molecular complexity index is 165. The fourth-order valence-electron chi connectivity index (χ4n) is 1.25. The van der Waals surface area contributed by atoms with Crippen LogP contribution in [0.25, 0.3) is 0 Å². The first-order chi connectivity index (χ1) is 6.16. The van der Waals surface area contributed by atoms with Crippen molar-refractivity contribution in [2.45, 2.75) is 46.3 Å². The number of halogens is 3. The van der Waals surface area contributed by atoms with Crippen LogP contribution in [0.15, 0.2) is 0 Å². The van der Waals surface area contributed by atoms with Gasteiger partial charge in [0, 0.05) is 6.04 Å². The zero-order valence-electron chi connectivity index (χ0n) is 9.23. The summed E-state index contributed by atoms with van der Waals surface area (Å²) in [5.74, 6) is -0.857. The minimum atomic E-state index is -4.12. The first-order valence-corrected chi connectivity index (χ1v) is 4.98. The van der Waals surface area contributed by atoms with Crippen LogP contribution < -0.4 is 5.73 Å². The number of hydrogen-bond acceptors (Lipinski definition) is 1. The van der Waals surface area contributed by atoms with Gasteiger partial charge >= 0.3 is 6.18 Å². The minimum absolute atomic E-state index is 0.0167. The van der Waals surface area contributed by atoms with Crippen LogP contribution in [0.4, 0.5) is 13.2 Å². The third-order valence-corrected chi connectivity index (χ3v) is 2.91. The van der Waals surface area contributed by atoms with Crippen molar-refractivity contribution in [1.29, 1.82) is 0 Å². The van der Waals surface area contributed by atoms with E-state index in [1.54, 1.807) is 0 Å². The molecule has 0 aromatic heterocycles. The molecular formula is C10H20F3N. The van der Waals surface area contributed by atoms with Crippen molar-refractivity contribution in [3.8, 4) is 0 Å². The van der Waals surface area contributed by atoms with Gasteiger partial charge < -0.3 is 5.73 Å². The van der Waals surface area contributed by atoms with Crippen LogP contribution in [-0.2, 0) is 0 Å². The molecule has 4 heteroatoms. The maximum Gasteiger partial charge on any atom is 0.391 e. The summed E-state index contributed by atoms with van der Waals surface area (Å²) in [6.07, 6.45) is -4.10. The van der Waals surface area contributed by atoms with E-state index in [-0.39, 0.29) is 18.4 Å². The van der Waals surface area contributed by atoms with Crippen LogP contribution in [0.5, 0.6) is 0 Å². The summed E-state index contributed by atoms with van der Waals surface area (Å²) in [6.45, 7) is 7.04. The van der Waals surface area contributed by atoms with Gasteiger partial charge in [-0.05, 0) is 18.3 Å². The second-order valence-corrected chi connectivity index (χ2v) is 4.45. The standard InChI is InChI=1S/C10H20F3N/c1-6(2)8(4)9(14)5-7(3)10(11,12)13/h6-9H,5,14H2,1-4H3/t7?,8-,9+/m1/s1. The topological polar surface area (TPSA) is 26.0 Å². The van der Waals surface area contributed by atoms with Crippen LogP contribution in [0, 0.1) is 17.8 Å². The molecule has 0 radical (unpaired) electrons. The molecule has 86 valence electrons. The lowest BCUT2D eigenvalue weighted by Crippen LogP contribution is -2.36. The Balaban J connectivity index is 4.12. The van der Waals surface area contributed by atoms with E-state index < -0.39 is 12.1 Å². The van der Waals surface area contributed by atoms with Crippen LogP contribution in [0.2, 0.25) is 0 Å². The molecule has 1 unspecified atom stereocenters. The van der Waals surface area contributed by atoms with Crippen molar-refractivity contribution in [3.05, 3.63) is 0 Å². The third-order valence-electron chi connectivity index (χ3n) is 2.91. The largest absolute Gasteiger partial charge is 0.391 e. The highest BCUT2D eigenvalue weighted by Crippen LogP contribution is 2.30. The van der Waals surface area contributed by atoms with Crippen molar-refractivity contribution in [3.63, 3.8) is 0 Å². The van der Waals surface area contributed by atoms with Gasteiger partial charge in [-0.25, -0.2) is 0 Å². The molecule has 0 aliphatic rings. The van der Waals surface area contributed by atoms with Crippen molar-refractivity contribution >= 4 is 0 Å². The third kappa shape index (κ3) is 4.31. The molecule has 0 spiro atoms. The predicted octanol–water partition coefficient (Wildman–Crippen LogP) is 3.19. The molecule has 0 aliphatic heterocycles. The first kappa shape index (κ1) is 13.8. The number of nitrogens with two attached hydrogens (primary N) is 1. The molecule has 0 saturated carbocycles. The van der Waals surface area contributed by atoms with E-state index in [2.05, 4.69) is 0 Å². The van der Waals surface area contributed by atoms with Gasteiger partial charge in [-0.3, -0.25) is 0 Å². The van der Waals surface area contributed by atoms with Gasteiger partial charge in [0.25, 0.3) is 0 Å². The Kier molecular flexibility index (Phi) is 4.92. The second kappa shape index (κ2) is 5.01. The predicted molar refractivity (Wildman–Crippen MR) is 51.8 cm³/mol. The second-order valence-electron chi connectivity index (χ2n) is 4.45. The SMILES string of the molecule is CC(C)[C@@H](C)[C@@H](N)CC(C)C(F)(F)F. The van der Waals surface area contributed by atoms with Crippen LogP contribution in [0.1, 0.15) is 34.1 Å². The van der Waals surface area contributed by atoms with E-state index in [0.717, 1.165) is 0 Å². The van der Waals surface area contributed by atoms with Gasteiger partial charge in [-0.2, -0.15) is 13.2 Å². The molecule has 0 saturated heterocycles. The Morgan fingerprint density at radius 3 is 1.79 bits per heavy atom. The van der Waals surface area contributed by atoms with Crippen molar-refractivity contribution in [1.82, 2.24) is 0 Å². The summed E-state index contributed by atoms with van der Waals surface area (Å²) in [7, 11) is 0. The van der Waals surface area contributed by atoms with Gasteiger partial charge in [0.05, 0.1) is 5.92 Å². The smallest absolute Gasteiger partial charge is 0.327 e. The molecule has 0 aromatic rings. The summed E-state index contributed by atoms with van der Waals surface area (Å²) >= 11 is 0. The molecule has 0 fully saturated rings. The average molecular weight is 211 g/mol. The fraction of sp³-hybridized carbons (Fsp3) is 1.00. The molecular weight excluding hydrogens is 191 g/mol. The van der Waals surface area contributed by atoms with Crippen LogP contribution >= 0.6 is 0 Å². The van der Waals surface area contributed by atoms with Crippen molar-refractivity contribution in [2.75, 3.05) is 0 Å². The minimum Gasteiger partial charge on any atom is -0.327 e. The molecule has 14 heavy (non-hydrogen) atoms. The maximum absolute atomic E-state index is 12.2. The van der Waals surface area contributed by atoms with Gasteiger partial charge in [-0.15, -0.1) is 0 Å². The zero-order valence-corrected chi connectivity index (χ0v) is 9.23. The highest BCUT2D eigenvalue weighted by Gasteiger charge is 2.37. The molecule has 0 heterocycles. The summed E-state index contributed by atoms with van der Waals surface area (Å²) in [6, 6.07) is -0.369. The van der Waals surface area contributed by atoms with E-state index in [0.29, 0.717) is 5.92 Å². The van der Waals surface area contributed by atoms with Gasteiger partial charge in [0.15, 0.2) is 0 Å². The lowest BCUT2D eigenvalue weighted by Gasteiger charge is -2.26. The lowest BCUT2D eigenvalue weighted by molar-refractivity contribution is -0.173. The highest BCUT2D eigenvalue weighted by atomic mass is 19.4. The molecule has 0 aromatic carbocycles. The molecule has 0 bridgehead atoms. The normalized spacial score (nSPS) is 19.5.